The third-order valence-electron chi connectivity index (χ3n) is 6.22. The zero-order valence-corrected chi connectivity index (χ0v) is 20.7. The lowest BCUT2D eigenvalue weighted by Gasteiger charge is -2.10. The minimum absolute atomic E-state index is 0.382. The Morgan fingerprint density at radius 1 is 0.784 bits per heavy atom. The van der Waals surface area contributed by atoms with Gasteiger partial charge in [-0.15, -0.1) is 0 Å². The van der Waals surface area contributed by atoms with Crippen LogP contribution in [0.15, 0.2) is 131 Å². The van der Waals surface area contributed by atoms with E-state index in [0.29, 0.717) is 17.4 Å². The molecule has 1 aromatic heterocycles. The molecule has 0 fully saturated rings. The van der Waals surface area contributed by atoms with Crippen molar-refractivity contribution < 1.29 is 4.42 Å². The average Bonchev–Trinajstić information content (AvgIpc) is 3.28. The van der Waals surface area contributed by atoms with Crippen LogP contribution in [0.5, 0.6) is 0 Å². The van der Waals surface area contributed by atoms with Gasteiger partial charge in [-0.25, -0.2) is 9.98 Å². The third-order valence-corrected chi connectivity index (χ3v) is 6.22. The lowest BCUT2D eigenvalue weighted by atomic mass is 9.97. The predicted molar refractivity (Wildman–Crippen MR) is 156 cm³/mol. The summed E-state index contributed by atoms with van der Waals surface area (Å²) in [4.78, 5) is 9.60. The second-order valence-electron chi connectivity index (χ2n) is 8.65. The van der Waals surface area contributed by atoms with Crippen LogP contribution < -0.4 is 5.73 Å². The number of nitrogens with two attached hydrogens (primary N) is 1. The number of hydrogen-bond donors (Lipinski definition) is 1. The van der Waals surface area contributed by atoms with Crippen molar-refractivity contribution in [1.29, 1.82) is 0 Å². The fourth-order valence-corrected chi connectivity index (χ4v) is 4.37. The average molecular weight is 482 g/mol. The maximum Gasteiger partial charge on any atom is 0.162 e. The third kappa shape index (κ3) is 4.91. The van der Waals surface area contributed by atoms with Crippen LogP contribution in [0.25, 0.3) is 33.9 Å². The summed E-state index contributed by atoms with van der Waals surface area (Å²) in [6, 6.07) is 33.7. The Hall–Kier alpha value is -4.96. The van der Waals surface area contributed by atoms with Crippen molar-refractivity contribution in [3.63, 3.8) is 0 Å². The molecule has 2 N–H and O–H groups in total. The first-order valence-electron chi connectivity index (χ1n) is 12.0. The van der Waals surface area contributed by atoms with E-state index in [1.54, 1.807) is 0 Å². The van der Waals surface area contributed by atoms with Crippen LogP contribution in [-0.2, 0) is 0 Å². The van der Waals surface area contributed by atoms with E-state index in [1.807, 2.05) is 97.9 Å². The number of furan rings is 1. The second-order valence-corrected chi connectivity index (χ2v) is 8.65. The monoisotopic (exact) mass is 481 g/mol. The highest BCUT2D eigenvalue weighted by Crippen LogP contribution is 2.35. The number of benzene rings is 4. The SMILES string of the molecule is C=Cc1c(C)oc2cccc(-c3cccc(C(N=C(N)c4ccccc4)=NC(=C)c4ccccc4)c3)c12. The summed E-state index contributed by atoms with van der Waals surface area (Å²) in [5, 5.41) is 1.03. The van der Waals surface area contributed by atoms with Crippen LogP contribution >= 0.6 is 0 Å². The van der Waals surface area contributed by atoms with E-state index in [1.165, 1.54) is 0 Å². The van der Waals surface area contributed by atoms with Crippen LogP contribution in [0.1, 0.15) is 28.0 Å². The Balaban J connectivity index is 1.66. The Morgan fingerprint density at radius 2 is 1.43 bits per heavy atom. The molecule has 5 aromatic rings. The molecule has 0 atom stereocenters. The molecule has 180 valence electrons. The van der Waals surface area contributed by atoms with Gasteiger partial charge in [0.25, 0.3) is 0 Å². The number of aryl methyl sites for hydroxylation is 1. The highest BCUT2D eigenvalue weighted by Gasteiger charge is 2.15. The second kappa shape index (κ2) is 10.3. The van der Waals surface area contributed by atoms with Crippen LogP contribution in [0.2, 0.25) is 0 Å². The van der Waals surface area contributed by atoms with E-state index >= 15 is 0 Å². The van der Waals surface area contributed by atoms with Crippen LogP contribution in [0, 0.1) is 6.92 Å². The van der Waals surface area contributed by atoms with E-state index in [4.69, 9.17) is 20.1 Å². The fraction of sp³-hybridized carbons (Fsp3) is 0.0303. The van der Waals surface area contributed by atoms with E-state index in [-0.39, 0.29) is 0 Å². The lowest BCUT2D eigenvalue weighted by molar-refractivity contribution is 0.577. The summed E-state index contributed by atoms with van der Waals surface area (Å²) in [6.07, 6.45) is 1.84. The molecule has 0 aliphatic rings. The largest absolute Gasteiger partial charge is 0.461 e. The summed E-state index contributed by atoms with van der Waals surface area (Å²) in [6.45, 7) is 10.1. The van der Waals surface area contributed by atoms with Gasteiger partial charge in [-0.1, -0.05) is 110 Å². The van der Waals surface area contributed by atoms with Crippen LogP contribution in [0.3, 0.4) is 0 Å². The smallest absolute Gasteiger partial charge is 0.162 e. The van der Waals surface area contributed by atoms with Crippen LogP contribution in [-0.4, -0.2) is 11.7 Å². The number of fused-ring (bicyclic) bond motifs is 1. The number of rotatable bonds is 6. The Bertz CT molecular complexity index is 1660. The first-order valence-corrected chi connectivity index (χ1v) is 12.0. The number of aliphatic imine (C=N–C) groups is 2. The summed E-state index contributed by atoms with van der Waals surface area (Å²) < 4.78 is 5.99. The molecule has 0 spiro atoms. The summed E-state index contributed by atoms with van der Waals surface area (Å²) >= 11 is 0. The molecular weight excluding hydrogens is 454 g/mol. The van der Waals surface area contributed by atoms with Crippen molar-refractivity contribution in [2.45, 2.75) is 6.92 Å². The number of amidine groups is 2. The molecule has 0 unspecified atom stereocenters. The normalized spacial score (nSPS) is 12.0. The summed E-state index contributed by atoms with van der Waals surface area (Å²) in [7, 11) is 0. The molecule has 1 heterocycles. The molecule has 0 radical (unpaired) electrons. The molecule has 4 heteroatoms. The van der Waals surface area contributed by atoms with E-state index in [0.717, 1.165) is 50.1 Å². The van der Waals surface area contributed by atoms with Gasteiger partial charge in [0, 0.05) is 22.1 Å². The first kappa shape index (κ1) is 23.8. The van der Waals surface area contributed by atoms with E-state index in [9.17, 15) is 0 Å². The topological polar surface area (TPSA) is 63.9 Å². The molecule has 0 bridgehead atoms. The summed E-state index contributed by atoms with van der Waals surface area (Å²) in [5.74, 6) is 1.71. The van der Waals surface area contributed by atoms with Crippen molar-refractivity contribution in [2.24, 2.45) is 15.7 Å². The molecular formula is C33H27N3O. The first-order chi connectivity index (χ1) is 18.0. The molecule has 37 heavy (non-hydrogen) atoms. The number of hydrogen-bond acceptors (Lipinski definition) is 2. The van der Waals surface area contributed by atoms with Gasteiger partial charge in [0.15, 0.2) is 5.84 Å². The zero-order chi connectivity index (χ0) is 25.8. The molecule has 5 rings (SSSR count). The Morgan fingerprint density at radius 3 is 2.14 bits per heavy atom. The predicted octanol–water partition coefficient (Wildman–Crippen LogP) is 7.87. The molecule has 0 amide bonds. The van der Waals surface area contributed by atoms with Crippen molar-refractivity contribution in [2.75, 3.05) is 0 Å². The molecule has 0 saturated heterocycles. The molecule has 4 aromatic carbocycles. The highest BCUT2D eigenvalue weighted by molar-refractivity contribution is 6.13. The minimum Gasteiger partial charge on any atom is -0.461 e. The van der Waals surface area contributed by atoms with Gasteiger partial charge in [-0.05, 0) is 35.7 Å². The van der Waals surface area contributed by atoms with Crippen LogP contribution in [0.4, 0.5) is 0 Å². The fourth-order valence-electron chi connectivity index (χ4n) is 4.37. The molecule has 4 nitrogen and oxygen atoms in total. The molecule has 0 aliphatic heterocycles. The van der Waals surface area contributed by atoms with Crippen molar-refractivity contribution in [3.05, 3.63) is 144 Å². The van der Waals surface area contributed by atoms with Gasteiger partial charge in [0.1, 0.15) is 17.2 Å². The lowest BCUT2D eigenvalue weighted by Crippen LogP contribution is -2.16. The Labute approximate surface area is 216 Å². The zero-order valence-electron chi connectivity index (χ0n) is 20.7. The highest BCUT2D eigenvalue weighted by atomic mass is 16.3. The molecule has 0 aliphatic carbocycles. The maximum atomic E-state index is 6.43. The van der Waals surface area contributed by atoms with Gasteiger partial charge in [0.05, 0.1) is 5.70 Å². The van der Waals surface area contributed by atoms with Gasteiger partial charge >= 0.3 is 0 Å². The van der Waals surface area contributed by atoms with Crippen molar-refractivity contribution in [1.82, 2.24) is 0 Å². The summed E-state index contributed by atoms with van der Waals surface area (Å²) in [5.41, 5.74) is 13.5. The van der Waals surface area contributed by atoms with E-state index < -0.39 is 0 Å². The Kier molecular flexibility index (Phi) is 6.64. The minimum atomic E-state index is 0.382. The standard InChI is InChI=1S/C33H27N3O/c1-4-28-23(3)37-30-20-12-19-29(31(28)30)26-17-11-18-27(21-26)33(35-22(2)24-13-7-5-8-14-24)36-32(34)25-15-9-6-10-16-25/h4-21H,1-2H2,3H3,(H2,34,35,36). The maximum absolute atomic E-state index is 6.43. The molecule has 0 saturated carbocycles. The van der Waals surface area contributed by atoms with Gasteiger partial charge in [0.2, 0.25) is 0 Å². The van der Waals surface area contributed by atoms with Gasteiger partial charge < -0.3 is 10.2 Å². The van der Waals surface area contributed by atoms with Crippen molar-refractivity contribution in [3.8, 4) is 11.1 Å². The van der Waals surface area contributed by atoms with Gasteiger partial charge in [-0.2, -0.15) is 0 Å². The quantitative estimate of drug-likeness (QED) is 0.198. The number of nitrogens with zero attached hydrogens (tertiary/aromatic N) is 2. The van der Waals surface area contributed by atoms with Crippen molar-refractivity contribution >= 4 is 34.4 Å². The van der Waals surface area contributed by atoms with E-state index in [2.05, 4.69) is 31.4 Å². The van der Waals surface area contributed by atoms with Gasteiger partial charge in [-0.3, -0.25) is 0 Å².